The largest absolute Gasteiger partial charge is 0.497 e. The van der Waals surface area contributed by atoms with Gasteiger partial charge in [-0.05, 0) is 47.7 Å². The maximum absolute atomic E-state index is 5.29. The van der Waals surface area contributed by atoms with Crippen LogP contribution >= 0.6 is 22.7 Å². The van der Waals surface area contributed by atoms with Crippen LogP contribution in [0.15, 0.2) is 34.6 Å². The third-order valence-electron chi connectivity index (χ3n) is 3.80. The Labute approximate surface area is 137 Å². The third-order valence-corrected chi connectivity index (χ3v) is 5.72. The van der Waals surface area contributed by atoms with E-state index in [9.17, 15) is 0 Å². The van der Waals surface area contributed by atoms with Gasteiger partial charge < -0.3 is 4.74 Å². The van der Waals surface area contributed by atoms with Gasteiger partial charge >= 0.3 is 0 Å². The van der Waals surface area contributed by atoms with Gasteiger partial charge in [-0.15, -0.1) is 11.3 Å². The molecule has 3 aromatic rings. The highest BCUT2D eigenvalue weighted by Gasteiger charge is 2.23. The van der Waals surface area contributed by atoms with Crippen molar-refractivity contribution in [1.29, 1.82) is 0 Å². The molecule has 0 amide bonds. The number of nitrogens with zero attached hydrogens (tertiary/aromatic N) is 2. The van der Waals surface area contributed by atoms with Gasteiger partial charge in [0.15, 0.2) is 0 Å². The van der Waals surface area contributed by atoms with Gasteiger partial charge in [0.05, 0.1) is 12.8 Å². The molecule has 1 aliphatic rings. The Morgan fingerprint density at radius 2 is 2.23 bits per heavy atom. The maximum atomic E-state index is 5.29. The Bertz CT molecular complexity index is 877. The lowest BCUT2D eigenvalue weighted by Gasteiger charge is -2.03. The van der Waals surface area contributed by atoms with E-state index in [-0.39, 0.29) is 0 Å². The number of aryl methyl sites for hydroxylation is 1. The second kappa shape index (κ2) is 5.34. The first-order valence-corrected chi connectivity index (χ1v) is 8.69. The van der Waals surface area contributed by atoms with E-state index in [1.165, 1.54) is 26.4 Å². The highest BCUT2D eigenvalue weighted by Crippen LogP contribution is 2.42. The lowest BCUT2D eigenvalue weighted by atomic mass is 10.1. The number of thiazole rings is 1. The predicted molar refractivity (Wildman–Crippen MR) is 93.2 cm³/mol. The Hall–Kier alpha value is -1.98. The van der Waals surface area contributed by atoms with E-state index in [2.05, 4.69) is 35.5 Å². The van der Waals surface area contributed by atoms with E-state index >= 15 is 0 Å². The first kappa shape index (κ1) is 13.7. The number of benzene rings is 1. The lowest BCUT2D eigenvalue weighted by Crippen LogP contribution is -1.86. The SMILES string of the molecule is COc1ccc2c(c1)Cc1sc(N=Cc3sccc3C)nc1-2. The van der Waals surface area contributed by atoms with E-state index in [4.69, 9.17) is 9.72 Å². The van der Waals surface area contributed by atoms with Crippen LogP contribution in [0.3, 0.4) is 0 Å². The van der Waals surface area contributed by atoms with Crippen LogP contribution in [0.5, 0.6) is 5.75 Å². The van der Waals surface area contributed by atoms with Crippen molar-refractivity contribution >= 4 is 34.0 Å². The predicted octanol–water partition coefficient (Wildman–Crippen LogP) is 4.84. The summed E-state index contributed by atoms with van der Waals surface area (Å²) in [6.45, 7) is 2.10. The van der Waals surface area contributed by atoms with Gasteiger partial charge in [0, 0.05) is 28.0 Å². The maximum Gasteiger partial charge on any atom is 0.209 e. The number of rotatable bonds is 3. The molecule has 0 N–H and O–H groups in total. The zero-order valence-electron chi connectivity index (χ0n) is 12.3. The average Bonchev–Trinajstić information content (AvgIpc) is 3.18. The highest BCUT2D eigenvalue weighted by molar-refractivity contribution is 7.16. The van der Waals surface area contributed by atoms with Gasteiger partial charge in [-0.2, -0.15) is 0 Å². The van der Waals surface area contributed by atoms with Gasteiger partial charge in [0.1, 0.15) is 5.75 Å². The van der Waals surface area contributed by atoms with Crippen LogP contribution in [0, 0.1) is 6.92 Å². The first-order chi connectivity index (χ1) is 10.7. The number of aromatic nitrogens is 1. The van der Waals surface area contributed by atoms with Crippen LogP contribution in [-0.4, -0.2) is 18.3 Å². The highest BCUT2D eigenvalue weighted by atomic mass is 32.1. The lowest BCUT2D eigenvalue weighted by molar-refractivity contribution is 0.414. The van der Waals surface area contributed by atoms with Gasteiger partial charge in [-0.25, -0.2) is 9.98 Å². The van der Waals surface area contributed by atoms with Crippen molar-refractivity contribution < 1.29 is 4.74 Å². The third kappa shape index (κ3) is 2.26. The number of aliphatic imine (C=N–C) groups is 1. The summed E-state index contributed by atoms with van der Waals surface area (Å²) in [5, 5.41) is 2.92. The number of methoxy groups -OCH3 is 1. The van der Waals surface area contributed by atoms with Crippen LogP contribution < -0.4 is 4.74 Å². The Kier molecular flexibility index (Phi) is 3.32. The molecule has 0 atom stereocenters. The van der Waals surface area contributed by atoms with Crippen LogP contribution in [-0.2, 0) is 6.42 Å². The van der Waals surface area contributed by atoms with E-state index in [0.717, 1.165) is 23.0 Å². The minimum absolute atomic E-state index is 0.833. The molecule has 2 heterocycles. The molecule has 1 aliphatic carbocycles. The zero-order valence-corrected chi connectivity index (χ0v) is 13.9. The van der Waals surface area contributed by atoms with Crippen molar-refractivity contribution in [3.05, 3.63) is 50.5 Å². The Balaban J connectivity index is 1.65. The molecule has 0 bridgehead atoms. The molecule has 0 saturated heterocycles. The smallest absolute Gasteiger partial charge is 0.209 e. The molecule has 0 fully saturated rings. The molecule has 0 saturated carbocycles. The number of ether oxygens (including phenoxy) is 1. The number of hydrogen-bond acceptors (Lipinski definition) is 5. The quantitative estimate of drug-likeness (QED) is 0.505. The Morgan fingerprint density at radius 3 is 3.00 bits per heavy atom. The van der Waals surface area contributed by atoms with Crippen molar-refractivity contribution in [3.8, 4) is 17.0 Å². The summed E-state index contributed by atoms with van der Waals surface area (Å²) in [5.41, 5.74) is 4.84. The topological polar surface area (TPSA) is 34.5 Å². The summed E-state index contributed by atoms with van der Waals surface area (Å²) in [6, 6.07) is 8.29. The van der Waals surface area contributed by atoms with E-state index in [1.54, 1.807) is 29.8 Å². The molecule has 4 rings (SSSR count). The van der Waals surface area contributed by atoms with Crippen molar-refractivity contribution in [2.24, 2.45) is 4.99 Å². The molecular weight excluding hydrogens is 312 g/mol. The zero-order chi connectivity index (χ0) is 15.1. The van der Waals surface area contributed by atoms with Crippen LogP contribution in [0.2, 0.25) is 0 Å². The normalized spacial score (nSPS) is 12.6. The monoisotopic (exact) mass is 326 g/mol. The summed E-state index contributed by atoms with van der Waals surface area (Å²) in [6.07, 6.45) is 2.84. The molecule has 0 unspecified atom stereocenters. The molecule has 0 radical (unpaired) electrons. The average molecular weight is 326 g/mol. The van der Waals surface area contributed by atoms with Crippen molar-refractivity contribution in [1.82, 2.24) is 4.98 Å². The summed E-state index contributed by atoms with van der Waals surface area (Å²) >= 11 is 3.38. The molecular formula is C17H14N2OS2. The molecule has 2 aromatic heterocycles. The van der Waals surface area contributed by atoms with E-state index in [0.29, 0.717) is 0 Å². The van der Waals surface area contributed by atoms with Gasteiger partial charge in [-0.1, -0.05) is 11.3 Å². The molecule has 0 spiro atoms. The standard InChI is InChI=1S/C17H14N2OS2/c1-10-5-6-21-15(10)9-18-17-19-16-13-4-3-12(20-2)7-11(13)8-14(16)22-17/h3-7,9H,8H2,1-2H3. The van der Waals surface area contributed by atoms with Crippen LogP contribution in [0.25, 0.3) is 11.3 Å². The van der Waals surface area contributed by atoms with Crippen LogP contribution in [0.4, 0.5) is 5.13 Å². The summed E-state index contributed by atoms with van der Waals surface area (Å²) in [7, 11) is 1.70. The molecule has 1 aromatic carbocycles. The van der Waals surface area contributed by atoms with Gasteiger partial charge in [0.2, 0.25) is 5.13 Å². The number of fused-ring (bicyclic) bond motifs is 3. The van der Waals surface area contributed by atoms with Crippen LogP contribution in [0.1, 0.15) is 20.9 Å². The molecule has 3 nitrogen and oxygen atoms in total. The van der Waals surface area contributed by atoms with Crippen molar-refractivity contribution in [3.63, 3.8) is 0 Å². The number of thiophene rings is 1. The molecule has 110 valence electrons. The van der Waals surface area contributed by atoms with Gasteiger partial charge in [-0.3, -0.25) is 0 Å². The fraction of sp³-hybridized carbons (Fsp3) is 0.176. The van der Waals surface area contributed by atoms with E-state index < -0.39 is 0 Å². The van der Waals surface area contributed by atoms with Gasteiger partial charge in [0.25, 0.3) is 0 Å². The fourth-order valence-corrected chi connectivity index (χ4v) is 4.33. The summed E-state index contributed by atoms with van der Waals surface area (Å²) in [4.78, 5) is 11.7. The minimum Gasteiger partial charge on any atom is -0.497 e. The first-order valence-electron chi connectivity index (χ1n) is 7.00. The molecule has 22 heavy (non-hydrogen) atoms. The minimum atomic E-state index is 0.833. The Morgan fingerprint density at radius 1 is 1.32 bits per heavy atom. The second-order valence-electron chi connectivity index (χ2n) is 5.19. The molecule has 0 aliphatic heterocycles. The van der Waals surface area contributed by atoms with Crippen molar-refractivity contribution in [2.45, 2.75) is 13.3 Å². The van der Waals surface area contributed by atoms with E-state index in [1.807, 2.05) is 12.3 Å². The van der Waals surface area contributed by atoms with Crippen molar-refractivity contribution in [2.75, 3.05) is 7.11 Å². The molecule has 5 heteroatoms. The number of hydrogen-bond donors (Lipinski definition) is 0. The summed E-state index contributed by atoms with van der Waals surface area (Å²) in [5.74, 6) is 0.903. The fourth-order valence-electron chi connectivity index (χ4n) is 2.60. The summed E-state index contributed by atoms with van der Waals surface area (Å²) < 4.78 is 5.29. The second-order valence-corrected chi connectivity index (χ2v) is 7.20.